The van der Waals surface area contributed by atoms with E-state index >= 15 is 0 Å². The molecule has 1 heterocycles. The Bertz CT molecular complexity index is 483. The second-order valence-electron chi connectivity index (χ2n) is 3.41. The summed E-state index contributed by atoms with van der Waals surface area (Å²) in [7, 11) is 0. The molecule has 0 saturated carbocycles. The molecule has 1 atom stereocenters. The number of furan rings is 1. The lowest BCUT2D eigenvalue weighted by Gasteiger charge is -2.08. The number of alkyl halides is 1. The standard InChI is InChI=1S/C12H9BrClFO/c13-12-9(5-6-16-12)10(14)7-8-3-1-2-4-11(8)15/h1-6,10H,7H2. The average molecular weight is 304 g/mol. The van der Waals surface area contributed by atoms with Gasteiger partial charge in [0.1, 0.15) is 5.82 Å². The molecule has 0 spiro atoms. The van der Waals surface area contributed by atoms with E-state index in [4.69, 9.17) is 16.0 Å². The lowest BCUT2D eigenvalue weighted by atomic mass is 10.1. The van der Waals surface area contributed by atoms with Crippen LogP contribution < -0.4 is 0 Å². The van der Waals surface area contributed by atoms with Crippen LogP contribution in [0.4, 0.5) is 4.39 Å². The van der Waals surface area contributed by atoms with Gasteiger partial charge in [0.15, 0.2) is 4.67 Å². The van der Waals surface area contributed by atoms with Crippen molar-refractivity contribution in [1.29, 1.82) is 0 Å². The molecule has 1 aromatic carbocycles. The van der Waals surface area contributed by atoms with Crippen molar-refractivity contribution in [1.82, 2.24) is 0 Å². The normalized spacial score (nSPS) is 12.7. The molecule has 0 aliphatic heterocycles. The van der Waals surface area contributed by atoms with Gasteiger partial charge >= 0.3 is 0 Å². The summed E-state index contributed by atoms with van der Waals surface area (Å²) in [4.78, 5) is 0. The van der Waals surface area contributed by atoms with Crippen molar-refractivity contribution in [3.63, 3.8) is 0 Å². The monoisotopic (exact) mass is 302 g/mol. The van der Waals surface area contributed by atoms with Gasteiger partial charge in [-0.15, -0.1) is 11.6 Å². The van der Waals surface area contributed by atoms with E-state index in [-0.39, 0.29) is 11.2 Å². The van der Waals surface area contributed by atoms with Gasteiger partial charge in [0.2, 0.25) is 0 Å². The Kier molecular flexibility index (Phi) is 3.66. The Morgan fingerprint density at radius 3 is 2.69 bits per heavy atom. The minimum atomic E-state index is -0.301. The first kappa shape index (κ1) is 11.7. The van der Waals surface area contributed by atoms with Gasteiger partial charge in [-0.25, -0.2) is 4.39 Å². The van der Waals surface area contributed by atoms with Crippen LogP contribution in [0.5, 0.6) is 0 Å². The van der Waals surface area contributed by atoms with Crippen LogP contribution in [0.1, 0.15) is 16.5 Å². The van der Waals surface area contributed by atoms with Gasteiger partial charge in [-0.1, -0.05) is 18.2 Å². The third kappa shape index (κ3) is 2.47. The summed E-state index contributed by atoms with van der Waals surface area (Å²) < 4.78 is 19.1. The van der Waals surface area contributed by atoms with Crippen LogP contribution in [0.25, 0.3) is 0 Å². The van der Waals surface area contributed by atoms with E-state index in [0.717, 1.165) is 5.56 Å². The van der Waals surface area contributed by atoms with Gasteiger partial charge in [0.05, 0.1) is 11.6 Å². The van der Waals surface area contributed by atoms with Crippen LogP contribution in [0.2, 0.25) is 0 Å². The maximum Gasteiger partial charge on any atom is 0.173 e. The minimum Gasteiger partial charge on any atom is -0.457 e. The highest BCUT2D eigenvalue weighted by Crippen LogP contribution is 2.32. The van der Waals surface area contributed by atoms with Crippen molar-refractivity contribution >= 4 is 27.5 Å². The van der Waals surface area contributed by atoms with Crippen LogP contribution in [-0.2, 0) is 6.42 Å². The highest BCUT2D eigenvalue weighted by Gasteiger charge is 2.16. The molecule has 0 aliphatic carbocycles. The Hall–Kier alpha value is -0.800. The highest BCUT2D eigenvalue weighted by molar-refractivity contribution is 9.10. The Morgan fingerprint density at radius 2 is 2.06 bits per heavy atom. The molecule has 0 N–H and O–H groups in total. The summed E-state index contributed by atoms with van der Waals surface area (Å²) in [6, 6.07) is 8.41. The summed E-state index contributed by atoms with van der Waals surface area (Å²) in [5.41, 5.74) is 1.44. The summed E-state index contributed by atoms with van der Waals surface area (Å²) in [5.74, 6) is -0.229. The molecular weight excluding hydrogens is 294 g/mol. The zero-order chi connectivity index (χ0) is 11.5. The van der Waals surface area contributed by atoms with E-state index in [9.17, 15) is 4.39 Å². The molecule has 84 valence electrons. The van der Waals surface area contributed by atoms with Gasteiger partial charge in [0, 0.05) is 5.56 Å². The van der Waals surface area contributed by atoms with E-state index in [1.165, 1.54) is 6.07 Å². The first-order valence-electron chi connectivity index (χ1n) is 4.79. The van der Waals surface area contributed by atoms with Gasteiger partial charge < -0.3 is 4.42 Å². The van der Waals surface area contributed by atoms with Gasteiger partial charge in [-0.05, 0) is 40.0 Å². The third-order valence-corrected chi connectivity index (χ3v) is 3.37. The van der Waals surface area contributed by atoms with Crippen LogP contribution in [0.15, 0.2) is 45.7 Å². The fourth-order valence-corrected chi connectivity index (χ4v) is 2.48. The van der Waals surface area contributed by atoms with Crippen LogP contribution >= 0.6 is 27.5 Å². The summed E-state index contributed by atoms with van der Waals surface area (Å²) in [5, 5.41) is -0.301. The molecule has 0 aliphatic rings. The SMILES string of the molecule is Fc1ccccc1CC(Cl)c1ccoc1Br. The van der Waals surface area contributed by atoms with Crippen molar-refractivity contribution in [3.8, 4) is 0 Å². The van der Waals surface area contributed by atoms with Gasteiger partial charge in [-0.3, -0.25) is 0 Å². The second-order valence-corrected chi connectivity index (χ2v) is 4.66. The van der Waals surface area contributed by atoms with Crippen LogP contribution in [-0.4, -0.2) is 0 Å². The van der Waals surface area contributed by atoms with Crippen molar-refractivity contribution in [2.75, 3.05) is 0 Å². The molecule has 1 aromatic heterocycles. The zero-order valence-electron chi connectivity index (χ0n) is 8.29. The molecule has 0 amide bonds. The second kappa shape index (κ2) is 5.02. The number of hydrogen-bond acceptors (Lipinski definition) is 1. The molecule has 0 bridgehead atoms. The maximum absolute atomic E-state index is 13.4. The van der Waals surface area contributed by atoms with Crippen molar-refractivity contribution in [2.24, 2.45) is 0 Å². The molecular formula is C12H9BrClFO. The van der Waals surface area contributed by atoms with Crippen molar-refractivity contribution in [2.45, 2.75) is 11.8 Å². The molecule has 1 nitrogen and oxygen atoms in total. The summed E-state index contributed by atoms with van der Waals surface area (Å²) >= 11 is 9.46. The first-order valence-corrected chi connectivity index (χ1v) is 6.02. The number of benzene rings is 1. The lowest BCUT2D eigenvalue weighted by Crippen LogP contribution is -1.97. The average Bonchev–Trinajstić information content (AvgIpc) is 2.68. The largest absolute Gasteiger partial charge is 0.457 e. The third-order valence-electron chi connectivity index (χ3n) is 2.34. The molecule has 2 rings (SSSR count). The molecule has 0 radical (unpaired) electrons. The summed E-state index contributed by atoms with van der Waals surface area (Å²) in [6.45, 7) is 0. The summed E-state index contributed by atoms with van der Waals surface area (Å²) in [6.07, 6.45) is 1.99. The number of rotatable bonds is 3. The molecule has 4 heteroatoms. The number of hydrogen-bond donors (Lipinski definition) is 0. The fourth-order valence-electron chi connectivity index (χ4n) is 1.50. The Morgan fingerprint density at radius 1 is 1.31 bits per heavy atom. The Labute approximate surface area is 106 Å². The molecule has 0 fully saturated rings. The van der Waals surface area contributed by atoms with E-state index < -0.39 is 0 Å². The maximum atomic E-state index is 13.4. The zero-order valence-corrected chi connectivity index (χ0v) is 10.6. The smallest absolute Gasteiger partial charge is 0.173 e. The van der Waals surface area contributed by atoms with Crippen LogP contribution in [0.3, 0.4) is 0 Å². The van der Waals surface area contributed by atoms with Crippen molar-refractivity contribution in [3.05, 3.63) is 58.2 Å². The van der Waals surface area contributed by atoms with E-state index in [1.807, 2.05) is 0 Å². The van der Waals surface area contributed by atoms with E-state index in [1.54, 1.807) is 30.5 Å². The molecule has 0 saturated heterocycles. The fraction of sp³-hybridized carbons (Fsp3) is 0.167. The van der Waals surface area contributed by atoms with Crippen molar-refractivity contribution < 1.29 is 8.81 Å². The quantitative estimate of drug-likeness (QED) is 0.749. The topological polar surface area (TPSA) is 13.1 Å². The highest BCUT2D eigenvalue weighted by atomic mass is 79.9. The molecule has 1 unspecified atom stereocenters. The number of halogens is 3. The predicted molar refractivity (Wildman–Crippen MR) is 65.1 cm³/mol. The predicted octanol–water partition coefficient (Wildman–Crippen LogP) is 4.70. The lowest BCUT2D eigenvalue weighted by molar-refractivity contribution is 0.535. The van der Waals surface area contributed by atoms with E-state index in [2.05, 4.69) is 15.9 Å². The van der Waals surface area contributed by atoms with Gasteiger partial charge in [-0.2, -0.15) is 0 Å². The molecule has 2 aromatic rings. The van der Waals surface area contributed by atoms with Gasteiger partial charge in [0.25, 0.3) is 0 Å². The van der Waals surface area contributed by atoms with E-state index in [0.29, 0.717) is 16.7 Å². The first-order chi connectivity index (χ1) is 7.68. The Balaban J connectivity index is 2.17. The van der Waals surface area contributed by atoms with Crippen LogP contribution in [0, 0.1) is 5.82 Å². The minimum absolute atomic E-state index is 0.229. The molecule has 16 heavy (non-hydrogen) atoms.